The van der Waals surface area contributed by atoms with E-state index < -0.39 is 0 Å². The van der Waals surface area contributed by atoms with Gasteiger partial charge in [0.05, 0.1) is 0 Å². The average molecular weight is 334 g/mol. The standard InChI is InChI=1S/C16H16ClN3OS/c1-20(2)14-9-7-13(8-10-14)18-16(22)19-15(21)11-3-5-12(17)6-4-11/h3-10H,1-2H3,(H2,18,19,21,22). The van der Waals surface area contributed by atoms with Gasteiger partial charge in [-0.1, -0.05) is 11.6 Å². The zero-order valence-corrected chi connectivity index (χ0v) is 13.8. The van der Waals surface area contributed by atoms with E-state index in [1.54, 1.807) is 24.3 Å². The Morgan fingerprint density at radius 1 is 1.05 bits per heavy atom. The minimum absolute atomic E-state index is 0.248. The van der Waals surface area contributed by atoms with Crippen LogP contribution in [0.5, 0.6) is 0 Å². The molecule has 0 radical (unpaired) electrons. The molecule has 2 rings (SSSR count). The summed E-state index contributed by atoms with van der Waals surface area (Å²) in [5.41, 5.74) is 2.39. The fraction of sp³-hybridized carbons (Fsp3) is 0.125. The van der Waals surface area contributed by atoms with Gasteiger partial charge in [-0.2, -0.15) is 0 Å². The molecule has 2 N–H and O–H groups in total. The molecule has 0 heterocycles. The van der Waals surface area contributed by atoms with Crippen molar-refractivity contribution in [3.05, 3.63) is 59.1 Å². The van der Waals surface area contributed by atoms with E-state index in [1.165, 1.54) is 0 Å². The van der Waals surface area contributed by atoms with E-state index in [4.69, 9.17) is 23.8 Å². The van der Waals surface area contributed by atoms with Gasteiger partial charge in [-0.3, -0.25) is 10.1 Å². The Balaban J connectivity index is 1.94. The molecule has 0 aliphatic carbocycles. The largest absolute Gasteiger partial charge is 0.378 e. The predicted molar refractivity (Wildman–Crippen MR) is 95.9 cm³/mol. The lowest BCUT2D eigenvalue weighted by Gasteiger charge is -2.14. The van der Waals surface area contributed by atoms with Gasteiger partial charge in [0.15, 0.2) is 5.11 Å². The summed E-state index contributed by atoms with van der Waals surface area (Å²) in [6.45, 7) is 0. The van der Waals surface area contributed by atoms with Gasteiger partial charge in [-0.15, -0.1) is 0 Å². The van der Waals surface area contributed by atoms with E-state index in [2.05, 4.69) is 10.6 Å². The summed E-state index contributed by atoms with van der Waals surface area (Å²) in [7, 11) is 3.94. The number of carbonyl (C=O) groups excluding carboxylic acids is 1. The molecule has 0 atom stereocenters. The molecule has 0 aliphatic heterocycles. The predicted octanol–water partition coefficient (Wildman–Crippen LogP) is 3.53. The highest BCUT2D eigenvalue weighted by Gasteiger charge is 2.07. The van der Waals surface area contributed by atoms with Crippen LogP contribution in [0.25, 0.3) is 0 Å². The van der Waals surface area contributed by atoms with Gasteiger partial charge in [0.2, 0.25) is 0 Å². The maximum absolute atomic E-state index is 12.0. The second-order valence-corrected chi connectivity index (χ2v) is 5.70. The van der Waals surface area contributed by atoms with Crippen molar-refractivity contribution in [2.24, 2.45) is 0 Å². The molecule has 0 saturated carbocycles. The Labute approximate surface area is 140 Å². The third-order valence-corrected chi connectivity index (χ3v) is 3.43. The molecule has 6 heteroatoms. The van der Waals surface area contributed by atoms with Crippen molar-refractivity contribution in [3.63, 3.8) is 0 Å². The number of nitrogens with zero attached hydrogens (tertiary/aromatic N) is 1. The first-order valence-electron chi connectivity index (χ1n) is 6.61. The summed E-state index contributed by atoms with van der Waals surface area (Å²) < 4.78 is 0. The Morgan fingerprint density at radius 3 is 2.18 bits per heavy atom. The number of hydrogen-bond donors (Lipinski definition) is 2. The highest BCUT2D eigenvalue weighted by atomic mass is 35.5. The van der Waals surface area contributed by atoms with E-state index in [1.807, 2.05) is 43.3 Å². The van der Waals surface area contributed by atoms with E-state index in [0.717, 1.165) is 11.4 Å². The number of halogens is 1. The summed E-state index contributed by atoms with van der Waals surface area (Å²) in [6, 6.07) is 14.3. The van der Waals surface area contributed by atoms with Gasteiger partial charge >= 0.3 is 0 Å². The highest BCUT2D eigenvalue weighted by Crippen LogP contribution is 2.15. The number of hydrogen-bond acceptors (Lipinski definition) is 3. The minimum atomic E-state index is -0.279. The molecule has 2 aromatic rings. The van der Waals surface area contributed by atoms with Crippen LogP contribution in [0.4, 0.5) is 11.4 Å². The number of benzene rings is 2. The first kappa shape index (κ1) is 16.3. The smallest absolute Gasteiger partial charge is 0.257 e. The average Bonchev–Trinajstić information content (AvgIpc) is 2.48. The molecular weight excluding hydrogens is 318 g/mol. The van der Waals surface area contributed by atoms with Crippen LogP contribution in [-0.2, 0) is 0 Å². The van der Waals surface area contributed by atoms with Crippen LogP contribution in [0.3, 0.4) is 0 Å². The van der Waals surface area contributed by atoms with Gasteiger partial charge in [-0.25, -0.2) is 0 Å². The van der Waals surface area contributed by atoms with Crippen molar-refractivity contribution in [2.45, 2.75) is 0 Å². The topological polar surface area (TPSA) is 44.4 Å². The SMILES string of the molecule is CN(C)c1ccc(NC(=S)NC(=O)c2ccc(Cl)cc2)cc1. The number of thiocarbonyl (C=S) groups is 1. The zero-order valence-electron chi connectivity index (χ0n) is 12.3. The van der Waals surface area contributed by atoms with Gasteiger partial charge in [0.1, 0.15) is 0 Å². The fourth-order valence-corrected chi connectivity index (χ4v) is 2.12. The van der Waals surface area contributed by atoms with Gasteiger partial charge < -0.3 is 10.2 Å². The van der Waals surface area contributed by atoms with Crippen LogP contribution in [0, 0.1) is 0 Å². The summed E-state index contributed by atoms with van der Waals surface area (Å²) in [4.78, 5) is 14.0. The number of amides is 1. The Hall–Kier alpha value is -2.11. The van der Waals surface area contributed by atoms with E-state index in [-0.39, 0.29) is 11.0 Å². The molecule has 0 unspecified atom stereocenters. The van der Waals surface area contributed by atoms with Crippen molar-refractivity contribution < 1.29 is 4.79 Å². The normalized spacial score (nSPS) is 9.95. The Kier molecular flexibility index (Phi) is 5.35. The molecular formula is C16H16ClN3OS. The van der Waals surface area contributed by atoms with Crippen LogP contribution >= 0.6 is 23.8 Å². The number of carbonyl (C=O) groups is 1. The molecule has 0 aromatic heterocycles. The van der Waals surface area contributed by atoms with E-state index in [9.17, 15) is 4.79 Å². The first-order chi connectivity index (χ1) is 10.5. The van der Waals surface area contributed by atoms with Crippen LogP contribution in [0.2, 0.25) is 5.02 Å². The highest BCUT2D eigenvalue weighted by molar-refractivity contribution is 7.80. The molecule has 0 fully saturated rings. The number of nitrogens with one attached hydrogen (secondary N) is 2. The molecule has 2 aromatic carbocycles. The Morgan fingerprint density at radius 2 is 1.64 bits per heavy atom. The molecule has 22 heavy (non-hydrogen) atoms. The van der Waals surface area contributed by atoms with Crippen LogP contribution < -0.4 is 15.5 Å². The third-order valence-electron chi connectivity index (χ3n) is 2.98. The number of rotatable bonds is 3. The Bertz CT molecular complexity index is 669. The number of anilines is 2. The lowest BCUT2D eigenvalue weighted by Crippen LogP contribution is -2.34. The quantitative estimate of drug-likeness (QED) is 0.843. The zero-order chi connectivity index (χ0) is 16.1. The molecule has 1 amide bonds. The summed E-state index contributed by atoms with van der Waals surface area (Å²) in [5.74, 6) is -0.279. The monoisotopic (exact) mass is 333 g/mol. The molecule has 0 spiro atoms. The molecule has 4 nitrogen and oxygen atoms in total. The fourth-order valence-electron chi connectivity index (χ4n) is 1.78. The maximum Gasteiger partial charge on any atom is 0.257 e. The van der Waals surface area contributed by atoms with Gasteiger partial charge in [0, 0.05) is 36.1 Å². The third kappa shape index (κ3) is 4.44. The van der Waals surface area contributed by atoms with Crippen LogP contribution in [0.15, 0.2) is 48.5 Å². The minimum Gasteiger partial charge on any atom is -0.378 e. The van der Waals surface area contributed by atoms with Crippen LogP contribution in [-0.4, -0.2) is 25.1 Å². The molecule has 0 bridgehead atoms. The maximum atomic E-state index is 12.0. The van der Waals surface area contributed by atoms with Gasteiger partial charge in [0.25, 0.3) is 5.91 Å². The van der Waals surface area contributed by atoms with Crippen molar-refractivity contribution in [2.75, 3.05) is 24.3 Å². The van der Waals surface area contributed by atoms with Crippen molar-refractivity contribution in [1.29, 1.82) is 0 Å². The summed E-state index contributed by atoms with van der Waals surface area (Å²) in [6.07, 6.45) is 0. The first-order valence-corrected chi connectivity index (χ1v) is 7.39. The summed E-state index contributed by atoms with van der Waals surface area (Å²) in [5, 5.41) is 6.43. The summed E-state index contributed by atoms with van der Waals surface area (Å²) >= 11 is 10.9. The van der Waals surface area contributed by atoms with E-state index in [0.29, 0.717) is 10.6 Å². The molecule has 114 valence electrons. The van der Waals surface area contributed by atoms with E-state index >= 15 is 0 Å². The second-order valence-electron chi connectivity index (χ2n) is 4.86. The van der Waals surface area contributed by atoms with Gasteiger partial charge in [-0.05, 0) is 60.7 Å². The lowest BCUT2D eigenvalue weighted by atomic mass is 10.2. The molecule has 0 aliphatic rings. The lowest BCUT2D eigenvalue weighted by molar-refractivity contribution is 0.0978. The van der Waals surface area contributed by atoms with Crippen molar-refractivity contribution in [1.82, 2.24) is 5.32 Å². The van der Waals surface area contributed by atoms with Crippen molar-refractivity contribution >= 4 is 46.2 Å². The second kappa shape index (κ2) is 7.24. The molecule has 0 saturated heterocycles. The van der Waals surface area contributed by atoms with Crippen molar-refractivity contribution in [3.8, 4) is 0 Å². The van der Waals surface area contributed by atoms with Crippen LogP contribution in [0.1, 0.15) is 10.4 Å².